The SMILES string of the molecule is Cc1ccc(Cl)c(C(=O)NC[C@H]2CC[C@@H](Nc3nc(N(C)C)c4ccccc4n3)CC2)c1F. The van der Waals surface area contributed by atoms with Crippen LogP contribution in [0.25, 0.3) is 10.9 Å². The van der Waals surface area contributed by atoms with Gasteiger partial charge in [0.05, 0.1) is 16.1 Å². The molecule has 1 fully saturated rings. The van der Waals surface area contributed by atoms with E-state index in [1.54, 1.807) is 19.1 Å². The van der Waals surface area contributed by atoms with Gasteiger partial charge in [-0.05, 0) is 62.3 Å². The molecule has 1 saturated carbocycles. The smallest absolute Gasteiger partial charge is 0.255 e. The van der Waals surface area contributed by atoms with Gasteiger partial charge in [0.2, 0.25) is 5.95 Å². The van der Waals surface area contributed by atoms with E-state index < -0.39 is 11.7 Å². The Morgan fingerprint density at radius 2 is 1.85 bits per heavy atom. The topological polar surface area (TPSA) is 70.2 Å². The highest BCUT2D eigenvalue weighted by atomic mass is 35.5. The number of nitrogens with one attached hydrogen (secondary N) is 2. The zero-order valence-corrected chi connectivity index (χ0v) is 19.9. The van der Waals surface area contributed by atoms with Crippen molar-refractivity contribution < 1.29 is 9.18 Å². The van der Waals surface area contributed by atoms with Crippen molar-refractivity contribution in [2.75, 3.05) is 30.9 Å². The van der Waals surface area contributed by atoms with E-state index in [2.05, 4.69) is 10.6 Å². The largest absolute Gasteiger partial charge is 0.362 e. The fraction of sp³-hybridized carbons (Fsp3) is 0.400. The first kappa shape index (κ1) is 23.2. The molecule has 1 aliphatic rings. The summed E-state index contributed by atoms with van der Waals surface area (Å²) in [5.74, 6) is 0.858. The Kier molecular flexibility index (Phi) is 6.98. The number of aromatic nitrogens is 2. The lowest BCUT2D eigenvalue weighted by molar-refractivity contribution is 0.0939. The van der Waals surface area contributed by atoms with E-state index >= 15 is 0 Å². The van der Waals surface area contributed by atoms with Crippen molar-refractivity contribution in [3.63, 3.8) is 0 Å². The zero-order valence-electron chi connectivity index (χ0n) is 19.2. The minimum atomic E-state index is -0.555. The van der Waals surface area contributed by atoms with E-state index in [9.17, 15) is 9.18 Å². The second kappa shape index (κ2) is 9.91. The summed E-state index contributed by atoms with van der Waals surface area (Å²) in [7, 11) is 3.96. The van der Waals surface area contributed by atoms with Crippen LogP contribution in [-0.4, -0.2) is 42.6 Å². The molecule has 2 N–H and O–H groups in total. The summed E-state index contributed by atoms with van der Waals surface area (Å²) in [4.78, 5) is 23.9. The summed E-state index contributed by atoms with van der Waals surface area (Å²) in [6.45, 7) is 2.13. The van der Waals surface area contributed by atoms with Crippen molar-refractivity contribution in [1.82, 2.24) is 15.3 Å². The third kappa shape index (κ3) is 5.19. The average Bonchev–Trinajstić information content (AvgIpc) is 2.80. The molecule has 33 heavy (non-hydrogen) atoms. The minimum Gasteiger partial charge on any atom is -0.362 e. The highest BCUT2D eigenvalue weighted by Crippen LogP contribution is 2.28. The summed E-state index contributed by atoms with van der Waals surface area (Å²) >= 11 is 6.06. The fourth-order valence-electron chi connectivity index (χ4n) is 4.35. The van der Waals surface area contributed by atoms with Gasteiger partial charge in [-0.1, -0.05) is 29.8 Å². The molecular weight excluding hydrogens is 441 g/mol. The van der Waals surface area contributed by atoms with Crippen molar-refractivity contribution in [2.24, 2.45) is 5.92 Å². The molecule has 0 radical (unpaired) electrons. The molecule has 1 aliphatic carbocycles. The monoisotopic (exact) mass is 469 g/mol. The first-order valence-electron chi connectivity index (χ1n) is 11.3. The normalized spacial score (nSPS) is 18.2. The van der Waals surface area contributed by atoms with Crippen molar-refractivity contribution in [2.45, 2.75) is 38.6 Å². The average molecular weight is 470 g/mol. The maximum Gasteiger partial charge on any atom is 0.255 e. The lowest BCUT2D eigenvalue weighted by Gasteiger charge is -2.29. The lowest BCUT2D eigenvalue weighted by atomic mass is 9.86. The third-order valence-corrected chi connectivity index (χ3v) is 6.56. The molecule has 174 valence electrons. The van der Waals surface area contributed by atoms with Gasteiger partial charge in [0, 0.05) is 32.1 Å². The highest BCUT2D eigenvalue weighted by Gasteiger charge is 2.24. The Morgan fingerprint density at radius 1 is 1.12 bits per heavy atom. The van der Waals surface area contributed by atoms with Crippen LogP contribution in [0.15, 0.2) is 36.4 Å². The molecular formula is C25H29ClFN5O. The molecule has 1 aromatic heterocycles. The minimum absolute atomic E-state index is 0.0721. The van der Waals surface area contributed by atoms with Crippen molar-refractivity contribution in [3.05, 3.63) is 58.4 Å². The van der Waals surface area contributed by atoms with Gasteiger partial charge in [0.25, 0.3) is 5.91 Å². The standard InChI is InChI=1S/C25H29ClFN5O/c1-15-8-13-19(26)21(22(15)27)24(33)28-14-16-9-11-17(12-10-16)29-25-30-20-7-5-4-6-18(20)23(31-25)32(2)3/h4-8,13,16-17H,9-12,14H2,1-3H3,(H,28,33)(H,29,30,31)/t16-,17+. The van der Waals surface area contributed by atoms with Crippen molar-refractivity contribution in [1.29, 1.82) is 0 Å². The number of carbonyl (C=O) groups is 1. The van der Waals surface area contributed by atoms with E-state index in [4.69, 9.17) is 21.6 Å². The molecule has 0 unspecified atom stereocenters. The summed E-state index contributed by atoms with van der Waals surface area (Å²) < 4.78 is 14.3. The highest BCUT2D eigenvalue weighted by molar-refractivity contribution is 6.33. The van der Waals surface area contributed by atoms with Crippen LogP contribution < -0.4 is 15.5 Å². The molecule has 2 aromatic carbocycles. The Bertz CT molecular complexity index is 1160. The number of benzene rings is 2. The maximum absolute atomic E-state index is 14.3. The number of aryl methyl sites for hydroxylation is 1. The summed E-state index contributed by atoms with van der Waals surface area (Å²) in [5.41, 5.74) is 1.25. The van der Waals surface area contributed by atoms with Gasteiger partial charge in [0.1, 0.15) is 11.6 Å². The Labute approximate surface area is 198 Å². The van der Waals surface area contributed by atoms with Gasteiger partial charge in [0.15, 0.2) is 0 Å². The van der Waals surface area contributed by atoms with Crippen LogP contribution in [0.3, 0.4) is 0 Å². The number of nitrogens with zero attached hydrogens (tertiary/aromatic N) is 3. The van der Waals surface area contributed by atoms with Gasteiger partial charge in [-0.15, -0.1) is 0 Å². The van der Waals surface area contributed by atoms with Crippen LogP contribution in [0, 0.1) is 18.7 Å². The van der Waals surface area contributed by atoms with E-state index in [0.717, 1.165) is 42.4 Å². The number of hydrogen-bond donors (Lipinski definition) is 2. The summed E-state index contributed by atoms with van der Waals surface area (Å²) in [5, 5.41) is 7.53. The predicted octanol–water partition coefficient (Wildman–Crippen LogP) is 5.20. The summed E-state index contributed by atoms with van der Waals surface area (Å²) in [6, 6.07) is 11.4. The Morgan fingerprint density at radius 3 is 2.58 bits per heavy atom. The van der Waals surface area contributed by atoms with E-state index in [1.807, 2.05) is 43.3 Å². The second-order valence-electron chi connectivity index (χ2n) is 8.91. The number of para-hydroxylation sites is 1. The van der Waals surface area contributed by atoms with E-state index in [1.165, 1.54) is 0 Å². The van der Waals surface area contributed by atoms with Crippen molar-refractivity contribution >= 4 is 40.2 Å². The fourth-order valence-corrected chi connectivity index (χ4v) is 4.58. The second-order valence-corrected chi connectivity index (χ2v) is 9.31. The van der Waals surface area contributed by atoms with Crippen LogP contribution in [0.1, 0.15) is 41.6 Å². The Balaban J connectivity index is 1.34. The number of carbonyl (C=O) groups excluding carboxylic acids is 1. The number of amides is 1. The zero-order chi connectivity index (χ0) is 23.5. The molecule has 0 atom stereocenters. The Hall–Kier alpha value is -2.93. The molecule has 4 rings (SSSR count). The first-order chi connectivity index (χ1) is 15.8. The number of rotatable bonds is 6. The molecule has 0 saturated heterocycles. The van der Waals surface area contributed by atoms with Crippen molar-refractivity contribution in [3.8, 4) is 0 Å². The van der Waals surface area contributed by atoms with Crippen LogP contribution >= 0.6 is 11.6 Å². The van der Waals surface area contributed by atoms with Gasteiger partial charge >= 0.3 is 0 Å². The van der Waals surface area contributed by atoms with Crippen LogP contribution in [0.4, 0.5) is 16.2 Å². The molecule has 1 heterocycles. The molecule has 1 amide bonds. The molecule has 8 heteroatoms. The molecule has 3 aromatic rings. The molecule has 6 nitrogen and oxygen atoms in total. The number of anilines is 2. The third-order valence-electron chi connectivity index (χ3n) is 6.25. The summed E-state index contributed by atoms with van der Waals surface area (Å²) in [6.07, 6.45) is 3.81. The van der Waals surface area contributed by atoms with Gasteiger partial charge < -0.3 is 15.5 Å². The van der Waals surface area contributed by atoms with Crippen LogP contribution in [0.5, 0.6) is 0 Å². The van der Waals surface area contributed by atoms with E-state index in [-0.39, 0.29) is 16.6 Å². The molecule has 0 bridgehead atoms. The molecule has 0 spiro atoms. The number of hydrogen-bond acceptors (Lipinski definition) is 5. The van der Waals surface area contributed by atoms with Gasteiger partial charge in [-0.25, -0.2) is 9.37 Å². The van der Waals surface area contributed by atoms with Gasteiger partial charge in [-0.2, -0.15) is 4.98 Å². The molecule has 0 aliphatic heterocycles. The predicted molar refractivity (Wildman–Crippen MR) is 132 cm³/mol. The first-order valence-corrected chi connectivity index (χ1v) is 11.6. The lowest BCUT2D eigenvalue weighted by Crippen LogP contribution is -2.34. The van der Waals surface area contributed by atoms with E-state index in [0.29, 0.717) is 24.0 Å². The number of fused-ring (bicyclic) bond motifs is 1. The quantitative estimate of drug-likeness (QED) is 0.519. The van der Waals surface area contributed by atoms with Crippen LogP contribution in [0.2, 0.25) is 5.02 Å². The number of halogens is 2. The maximum atomic E-state index is 14.3. The van der Waals surface area contributed by atoms with Gasteiger partial charge in [-0.3, -0.25) is 4.79 Å². The van der Waals surface area contributed by atoms with Crippen LogP contribution in [-0.2, 0) is 0 Å².